The van der Waals surface area contributed by atoms with Crippen LogP contribution in [0.5, 0.6) is 0 Å². The topological polar surface area (TPSA) is 127 Å². The maximum atomic E-state index is 13.2. The Morgan fingerprint density at radius 3 is 2.47 bits per heavy atom. The van der Waals surface area contributed by atoms with Crippen LogP contribution in [0.15, 0.2) is 71.7 Å². The zero-order valence-electron chi connectivity index (χ0n) is 26.0. The van der Waals surface area contributed by atoms with E-state index >= 15 is 0 Å². The van der Waals surface area contributed by atoms with Crippen LogP contribution in [-0.4, -0.2) is 74.2 Å². The van der Waals surface area contributed by atoms with Crippen LogP contribution >= 0.6 is 0 Å². The minimum absolute atomic E-state index is 0.00956. The van der Waals surface area contributed by atoms with Crippen molar-refractivity contribution in [2.45, 2.75) is 43.6 Å². The molecule has 3 aliphatic rings. The second kappa shape index (κ2) is 13.7. The molecule has 0 radical (unpaired) electrons. The van der Waals surface area contributed by atoms with E-state index in [1.165, 1.54) is 23.9 Å². The lowest BCUT2D eigenvalue weighted by atomic mass is 9.58. The first-order chi connectivity index (χ1) is 22.0. The fraction of sp³-hybridized carbons (Fsp3) is 0.486. The SMILES string of the molecule is CNC(=O)N[C@@H]1CCC[C@H]1C(CNC(=O)c1cocn1)(c1ccccc1)C1CCN(CC2CN(c3ccc(C#N)cc3)C2)CC1. The fourth-order valence-electron chi connectivity index (χ4n) is 8.15. The number of piperidine rings is 1. The number of carbonyl (C=O) groups excluding carboxylic acids is 2. The molecule has 2 saturated heterocycles. The van der Waals surface area contributed by atoms with Crippen molar-refractivity contribution < 1.29 is 14.0 Å². The van der Waals surface area contributed by atoms with Crippen LogP contribution in [-0.2, 0) is 5.41 Å². The molecule has 0 bridgehead atoms. The van der Waals surface area contributed by atoms with Crippen molar-refractivity contribution >= 4 is 17.6 Å². The molecule has 45 heavy (non-hydrogen) atoms. The van der Waals surface area contributed by atoms with Crippen molar-refractivity contribution in [2.75, 3.05) is 51.2 Å². The summed E-state index contributed by atoms with van der Waals surface area (Å²) in [5, 5.41) is 18.4. The van der Waals surface area contributed by atoms with Crippen LogP contribution in [0.1, 0.15) is 53.7 Å². The molecule has 6 rings (SSSR count). The van der Waals surface area contributed by atoms with Crippen molar-refractivity contribution in [2.24, 2.45) is 17.8 Å². The second-order valence-corrected chi connectivity index (χ2v) is 12.8. The monoisotopic (exact) mass is 609 g/mol. The number of aromatic nitrogens is 1. The molecule has 1 aliphatic carbocycles. The molecule has 1 unspecified atom stereocenters. The Labute approximate surface area is 265 Å². The largest absolute Gasteiger partial charge is 0.451 e. The number of oxazole rings is 1. The molecule has 3 aromatic rings. The summed E-state index contributed by atoms with van der Waals surface area (Å²) in [5.74, 6) is 0.863. The molecule has 1 saturated carbocycles. The molecule has 10 nitrogen and oxygen atoms in total. The summed E-state index contributed by atoms with van der Waals surface area (Å²) < 4.78 is 5.09. The molecule has 3 atom stereocenters. The van der Waals surface area contributed by atoms with Gasteiger partial charge in [-0.2, -0.15) is 5.26 Å². The number of carbonyl (C=O) groups is 2. The van der Waals surface area contributed by atoms with Crippen LogP contribution in [0, 0.1) is 29.1 Å². The average molecular weight is 610 g/mol. The van der Waals surface area contributed by atoms with E-state index in [0.29, 0.717) is 23.9 Å². The maximum absolute atomic E-state index is 13.2. The number of likely N-dealkylation sites (tertiary alicyclic amines) is 1. The highest BCUT2D eigenvalue weighted by molar-refractivity contribution is 5.91. The normalized spacial score (nSPS) is 22.2. The van der Waals surface area contributed by atoms with Crippen molar-refractivity contribution in [1.82, 2.24) is 25.8 Å². The Morgan fingerprint density at radius 1 is 1.04 bits per heavy atom. The standard InChI is InChI=1S/C35H43N7O3/c1-37-34(44)40-31-9-5-8-30(31)35(27-6-3-2-4-7-27,23-38-33(43)32-22-45-24-39-32)28-14-16-41(17-15-28)19-26-20-42(21-26)29-12-10-25(18-36)11-13-29/h2-4,6-7,10-13,22,24,26,28,30-31H,5,8-9,14-17,19-21,23H2,1H3,(H,38,43)(H2,37,40,44)/t30-,31-,35?/m1/s1. The van der Waals surface area contributed by atoms with Gasteiger partial charge in [-0.15, -0.1) is 0 Å². The highest BCUT2D eigenvalue weighted by atomic mass is 16.3. The molecule has 2 aliphatic heterocycles. The number of hydrogen-bond donors (Lipinski definition) is 3. The summed E-state index contributed by atoms with van der Waals surface area (Å²) in [7, 11) is 1.66. The molecule has 10 heteroatoms. The first-order valence-electron chi connectivity index (χ1n) is 16.2. The van der Waals surface area contributed by atoms with Gasteiger partial charge in [0.15, 0.2) is 12.1 Å². The Hall–Kier alpha value is -4.36. The summed E-state index contributed by atoms with van der Waals surface area (Å²) in [6.45, 7) is 5.61. The van der Waals surface area contributed by atoms with E-state index in [1.54, 1.807) is 7.05 Å². The molecule has 2 aromatic carbocycles. The number of nitrogens with one attached hydrogen (secondary N) is 3. The number of rotatable bonds is 10. The predicted octanol–water partition coefficient (Wildman–Crippen LogP) is 4.16. The van der Waals surface area contributed by atoms with E-state index in [2.05, 4.69) is 61.1 Å². The fourth-order valence-corrected chi connectivity index (χ4v) is 8.15. The highest BCUT2D eigenvalue weighted by Gasteiger charge is 2.52. The second-order valence-electron chi connectivity index (χ2n) is 12.8. The number of benzene rings is 2. The van der Waals surface area contributed by atoms with Gasteiger partial charge in [0.25, 0.3) is 5.91 Å². The summed E-state index contributed by atoms with van der Waals surface area (Å²) in [5.41, 5.74) is 3.00. The molecule has 236 valence electrons. The summed E-state index contributed by atoms with van der Waals surface area (Å²) in [6.07, 6.45) is 7.62. The van der Waals surface area contributed by atoms with Gasteiger partial charge in [0.1, 0.15) is 6.26 Å². The van der Waals surface area contributed by atoms with E-state index in [4.69, 9.17) is 9.68 Å². The number of nitriles is 1. The van der Waals surface area contributed by atoms with E-state index < -0.39 is 0 Å². The van der Waals surface area contributed by atoms with Gasteiger partial charge in [-0.3, -0.25) is 4.79 Å². The van der Waals surface area contributed by atoms with E-state index in [9.17, 15) is 9.59 Å². The van der Waals surface area contributed by atoms with Crippen LogP contribution in [0.3, 0.4) is 0 Å². The van der Waals surface area contributed by atoms with Crippen molar-refractivity contribution in [3.05, 3.63) is 84.1 Å². The van der Waals surface area contributed by atoms with Gasteiger partial charge in [-0.05, 0) is 80.4 Å². The van der Waals surface area contributed by atoms with Gasteiger partial charge in [0.05, 0.1) is 11.6 Å². The number of anilines is 1. The van der Waals surface area contributed by atoms with Gasteiger partial charge in [0.2, 0.25) is 0 Å². The summed E-state index contributed by atoms with van der Waals surface area (Å²) in [4.78, 5) is 34.9. The molecular weight excluding hydrogens is 566 g/mol. The lowest BCUT2D eigenvalue weighted by Gasteiger charge is -2.51. The number of nitrogens with zero attached hydrogens (tertiary/aromatic N) is 4. The van der Waals surface area contributed by atoms with Crippen LogP contribution in [0.25, 0.3) is 0 Å². The quantitative estimate of drug-likeness (QED) is 0.315. The Balaban J connectivity index is 1.19. The minimum atomic E-state index is -0.363. The maximum Gasteiger partial charge on any atom is 0.314 e. The van der Waals surface area contributed by atoms with Gasteiger partial charge in [-0.25, -0.2) is 9.78 Å². The van der Waals surface area contributed by atoms with E-state index in [-0.39, 0.29) is 35.0 Å². The number of amides is 3. The van der Waals surface area contributed by atoms with Gasteiger partial charge >= 0.3 is 6.03 Å². The Morgan fingerprint density at radius 2 is 1.80 bits per heavy atom. The lowest BCUT2D eigenvalue weighted by Crippen LogP contribution is -2.59. The third-order valence-corrected chi connectivity index (χ3v) is 10.4. The van der Waals surface area contributed by atoms with Crippen LogP contribution < -0.4 is 20.9 Å². The number of urea groups is 1. The van der Waals surface area contributed by atoms with Crippen LogP contribution in [0.2, 0.25) is 0 Å². The molecule has 1 aromatic heterocycles. The number of hydrogen-bond acceptors (Lipinski definition) is 7. The predicted molar refractivity (Wildman–Crippen MR) is 172 cm³/mol. The minimum Gasteiger partial charge on any atom is -0.451 e. The average Bonchev–Trinajstić information content (AvgIpc) is 3.77. The molecular formula is C35H43N7O3. The van der Waals surface area contributed by atoms with E-state index in [1.807, 2.05) is 30.3 Å². The van der Waals surface area contributed by atoms with E-state index in [0.717, 1.165) is 64.8 Å². The zero-order chi connectivity index (χ0) is 31.2. The third-order valence-electron chi connectivity index (χ3n) is 10.4. The van der Waals surface area contributed by atoms with Gasteiger partial charge in [0, 0.05) is 56.3 Å². The van der Waals surface area contributed by atoms with Crippen molar-refractivity contribution in [1.29, 1.82) is 5.26 Å². The molecule has 0 spiro atoms. The van der Waals surface area contributed by atoms with Gasteiger partial charge < -0.3 is 30.2 Å². The molecule has 3 heterocycles. The first-order valence-corrected chi connectivity index (χ1v) is 16.2. The molecule has 3 amide bonds. The summed E-state index contributed by atoms with van der Waals surface area (Å²) in [6, 6.07) is 20.5. The highest BCUT2D eigenvalue weighted by Crippen LogP contribution is 2.50. The zero-order valence-corrected chi connectivity index (χ0v) is 26.0. The molecule has 3 fully saturated rings. The van der Waals surface area contributed by atoms with Crippen molar-refractivity contribution in [3.63, 3.8) is 0 Å². The van der Waals surface area contributed by atoms with Crippen LogP contribution in [0.4, 0.5) is 10.5 Å². The smallest absolute Gasteiger partial charge is 0.314 e. The van der Waals surface area contributed by atoms with Crippen molar-refractivity contribution in [3.8, 4) is 6.07 Å². The third kappa shape index (κ3) is 6.54. The summed E-state index contributed by atoms with van der Waals surface area (Å²) >= 11 is 0. The first kappa shape index (κ1) is 30.7. The lowest BCUT2D eigenvalue weighted by molar-refractivity contribution is 0.0634. The van der Waals surface area contributed by atoms with Gasteiger partial charge in [-0.1, -0.05) is 36.8 Å². The Bertz CT molecular complexity index is 1460. The molecule has 3 N–H and O–H groups in total. The Kier molecular flexibility index (Phi) is 9.36.